The second kappa shape index (κ2) is 10.0. The van der Waals surface area contributed by atoms with Crippen molar-refractivity contribution in [2.24, 2.45) is 13.0 Å². The zero-order chi connectivity index (χ0) is 25.1. The van der Waals surface area contributed by atoms with Crippen molar-refractivity contribution >= 4 is 23.8 Å². The molecule has 0 saturated heterocycles. The van der Waals surface area contributed by atoms with Crippen LogP contribution in [0.3, 0.4) is 0 Å². The van der Waals surface area contributed by atoms with E-state index < -0.39 is 24.0 Å². The maximum Gasteiger partial charge on any atom is 0.412 e. The van der Waals surface area contributed by atoms with Crippen LogP contribution >= 0.6 is 0 Å². The number of carboxylic acids is 1. The molecule has 35 heavy (non-hydrogen) atoms. The van der Waals surface area contributed by atoms with E-state index in [1.165, 1.54) is 10.9 Å². The maximum atomic E-state index is 12.8. The summed E-state index contributed by atoms with van der Waals surface area (Å²) < 4.78 is 6.95. The topological polar surface area (TPSA) is 123 Å². The molecule has 1 aliphatic rings. The third-order valence-electron chi connectivity index (χ3n) is 6.15. The first-order valence-corrected chi connectivity index (χ1v) is 11.4. The quantitative estimate of drug-likeness (QED) is 0.452. The van der Waals surface area contributed by atoms with Crippen LogP contribution in [0.25, 0.3) is 11.1 Å². The summed E-state index contributed by atoms with van der Waals surface area (Å²) in [5.74, 6) is -1.67. The molecular weight excluding hydrogens is 448 g/mol. The van der Waals surface area contributed by atoms with Crippen LogP contribution < -0.4 is 10.6 Å². The number of carbonyl (C=O) groups excluding carboxylic acids is 2. The van der Waals surface area contributed by atoms with Gasteiger partial charge >= 0.3 is 12.1 Å². The molecular formula is C26H28N4O5. The summed E-state index contributed by atoms with van der Waals surface area (Å²) >= 11 is 0. The summed E-state index contributed by atoms with van der Waals surface area (Å²) in [4.78, 5) is 36.7. The summed E-state index contributed by atoms with van der Waals surface area (Å²) in [5, 5.41) is 18.6. The Morgan fingerprint density at radius 2 is 1.66 bits per heavy atom. The molecule has 3 aromatic rings. The van der Waals surface area contributed by atoms with Gasteiger partial charge < -0.3 is 15.2 Å². The highest BCUT2D eigenvalue weighted by Crippen LogP contribution is 2.44. The molecule has 182 valence electrons. The molecule has 2 amide bonds. The van der Waals surface area contributed by atoms with E-state index >= 15 is 0 Å². The van der Waals surface area contributed by atoms with E-state index in [0.29, 0.717) is 0 Å². The Morgan fingerprint density at radius 3 is 2.23 bits per heavy atom. The van der Waals surface area contributed by atoms with Crippen LogP contribution in [0.2, 0.25) is 0 Å². The van der Waals surface area contributed by atoms with Gasteiger partial charge in [0, 0.05) is 25.2 Å². The van der Waals surface area contributed by atoms with Crippen LogP contribution in [0, 0.1) is 5.92 Å². The maximum absolute atomic E-state index is 12.8. The van der Waals surface area contributed by atoms with Crippen molar-refractivity contribution in [2.45, 2.75) is 32.2 Å². The Hall–Kier alpha value is -4.14. The van der Waals surface area contributed by atoms with Gasteiger partial charge in [-0.25, -0.2) is 4.79 Å². The second-order valence-electron chi connectivity index (χ2n) is 8.94. The number of carbonyl (C=O) groups is 3. The predicted octanol–water partition coefficient (Wildman–Crippen LogP) is 4.01. The number of benzene rings is 2. The van der Waals surface area contributed by atoms with Crippen LogP contribution in [0.5, 0.6) is 0 Å². The molecule has 0 unspecified atom stereocenters. The minimum atomic E-state index is -1.01. The molecule has 2 aromatic carbocycles. The molecule has 0 spiro atoms. The average molecular weight is 477 g/mol. The number of aromatic nitrogens is 2. The first-order chi connectivity index (χ1) is 16.7. The Morgan fingerprint density at radius 1 is 1.06 bits per heavy atom. The van der Waals surface area contributed by atoms with Gasteiger partial charge in [0.15, 0.2) is 5.82 Å². The van der Waals surface area contributed by atoms with Crippen molar-refractivity contribution in [1.82, 2.24) is 15.1 Å². The number of fused-ring (bicyclic) bond motifs is 3. The van der Waals surface area contributed by atoms with E-state index in [-0.39, 0.29) is 36.2 Å². The fourth-order valence-corrected chi connectivity index (χ4v) is 4.37. The molecule has 1 heterocycles. The van der Waals surface area contributed by atoms with Gasteiger partial charge in [-0.15, -0.1) is 0 Å². The molecule has 0 bridgehead atoms. The highest BCUT2D eigenvalue weighted by Gasteiger charge is 2.29. The smallest absolute Gasteiger partial charge is 0.412 e. The molecule has 9 heteroatoms. The lowest BCUT2D eigenvalue weighted by Gasteiger charge is -2.20. The fourth-order valence-electron chi connectivity index (χ4n) is 4.37. The van der Waals surface area contributed by atoms with Crippen molar-refractivity contribution in [3.63, 3.8) is 0 Å². The van der Waals surface area contributed by atoms with Crippen molar-refractivity contribution in [3.05, 3.63) is 71.4 Å². The number of aryl methyl sites for hydroxylation is 1. The highest BCUT2D eigenvalue weighted by molar-refractivity contribution is 6.01. The minimum absolute atomic E-state index is 0.0417. The standard InChI is InChI=1S/C26H28N4O5/c1-15(2)22(12-23(31)32)27-25(33)20-13-30(3)29-24(20)28-26(34)35-14-21-18-10-6-4-8-16(18)17-9-5-7-11-19(17)21/h4-11,13,15,21-22H,12,14H2,1-3H3,(H,27,33)(H,31,32)(H,28,29,34)/t22-/m0/s1. The molecule has 1 aromatic heterocycles. The van der Waals surface area contributed by atoms with Crippen LogP contribution in [0.15, 0.2) is 54.7 Å². The third kappa shape index (κ3) is 5.18. The number of anilines is 1. The van der Waals surface area contributed by atoms with Crippen LogP contribution in [-0.2, 0) is 16.6 Å². The van der Waals surface area contributed by atoms with Gasteiger partial charge in [0.25, 0.3) is 5.91 Å². The normalized spacial score (nSPS) is 13.1. The molecule has 3 N–H and O–H groups in total. The molecule has 0 aliphatic heterocycles. The number of nitrogens with one attached hydrogen (secondary N) is 2. The lowest BCUT2D eigenvalue weighted by Crippen LogP contribution is -2.40. The summed E-state index contributed by atoms with van der Waals surface area (Å²) in [6.07, 6.45) is 0.524. The van der Waals surface area contributed by atoms with Crippen molar-refractivity contribution < 1.29 is 24.2 Å². The van der Waals surface area contributed by atoms with Crippen LogP contribution in [0.1, 0.15) is 47.7 Å². The molecule has 0 radical (unpaired) electrons. The molecule has 9 nitrogen and oxygen atoms in total. The van der Waals surface area contributed by atoms with E-state index in [4.69, 9.17) is 9.84 Å². The number of amides is 2. The Balaban J connectivity index is 1.44. The summed E-state index contributed by atoms with van der Waals surface area (Å²) in [5.41, 5.74) is 4.57. The van der Waals surface area contributed by atoms with Crippen molar-refractivity contribution in [3.8, 4) is 11.1 Å². The Labute approximate surface area is 203 Å². The predicted molar refractivity (Wildman–Crippen MR) is 130 cm³/mol. The monoisotopic (exact) mass is 476 g/mol. The van der Waals surface area contributed by atoms with Gasteiger partial charge in [-0.2, -0.15) is 5.10 Å². The summed E-state index contributed by atoms with van der Waals surface area (Å²) in [6.45, 7) is 3.78. The van der Waals surface area contributed by atoms with E-state index in [2.05, 4.69) is 27.9 Å². The SMILES string of the molecule is CC(C)[C@H](CC(=O)O)NC(=O)c1cn(C)nc1NC(=O)OCC1c2ccccc2-c2ccccc21. The first kappa shape index (κ1) is 24.0. The molecule has 4 rings (SSSR count). The van der Waals surface area contributed by atoms with E-state index in [9.17, 15) is 14.4 Å². The summed E-state index contributed by atoms with van der Waals surface area (Å²) in [6, 6.07) is 15.5. The first-order valence-electron chi connectivity index (χ1n) is 11.4. The van der Waals surface area contributed by atoms with Gasteiger partial charge in [-0.3, -0.25) is 19.6 Å². The molecule has 1 aliphatic carbocycles. The van der Waals surface area contributed by atoms with Crippen LogP contribution in [-0.4, -0.2) is 45.5 Å². The Kier molecular flexibility index (Phi) is 6.86. The van der Waals surface area contributed by atoms with Crippen molar-refractivity contribution in [2.75, 3.05) is 11.9 Å². The van der Waals surface area contributed by atoms with Gasteiger partial charge in [-0.05, 0) is 28.2 Å². The molecule has 0 saturated carbocycles. The number of carboxylic acid groups (broad SMARTS) is 1. The lowest BCUT2D eigenvalue weighted by molar-refractivity contribution is -0.137. The van der Waals surface area contributed by atoms with E-state index in [1.807, 2.05) is 50.2 Å². The number of rotatable bonds is 8. The zero-order valence-corrected chi connectivity index (χ0v) is 19.8. The third-order valence-corrected chi connectivity index (χ3v) is 6.15. The highest BCUT2D eigenvalue weighted by atomic mass is 16.5. The minimum Gasteiger partial charge on any atom is -0.481 e. The number of hydrogen-bond acceptors (Lipinski definition) is 5. The summed E-state index contributed by atoms with van der Waals surface area (Å²) in [7, 11) is 1.62. The number of aliphatic carboxylic acids is 1. The fraction of sp³-hybridized carbons (Fsp3) is 0.308. The lowest BCUT2D eigenvalue weighted by atomic mass is 9.98. The van der Waals surface area contributed by atoms with Gasteiger partial charge in [0.05, 0.1) is 6.42 Å². The number of nitrogens with zero attached hydrogens (tertiary/aromatic N) is 2. The molecule has 0 fully saturated rings. The van der Waals surface area contributed by atoms with Gasteiger partial charge in [0.2, 0.25) is 0 Å². The average Bonchev–Trinajstić information content (AvgIpc) is 3.34. The van der Waals surface area contributed by atoms with Crippen LogP contribution in [0.4, 0.5) is 10.6 Å². The van der Waals surface area contributed by atoms with Gasteiger partial charge in [0.1, 0.15) is 12.2 Å². The Bertz CT molecular complexity index is 1220. The van der Waals surface area contributed by atoms with Crippen molar-refractivity contribution in [1.29, 1.82) is 0 Å². The van der Waals surface area contributed by atoms with E-state index in [0.717, 1.165) is 22.3 Å². The van der Waals surface area contributed by atoms with Gasteiger partial charge in [-0.1, -0.05) is 62.4 Å². The number of hydrogen-bond donors (Lipinski definition) is 3. The molecule has 1 atom stereocenters. The van der Waals surface area contributed by atoms with E-state index in [1.54, 1.807) is 7.05 Å². The second-order valence-corrected chi connectivity index (χ2v) is 8.94. The number of ether oxygens (including phenoxy) is 1. The largest absolute Gasteiger partial charge is 0.481 e. The zero-order valence-electron chi connectivity index (χ0n) is 19.8.